The van der Waals surface area contributed by atoms with Crippen molar-refractivity contribution in [2.45, 2.75) is 6.92 Å². The van der Waals surface area contributed by atoms with Gasteiger partial charge in [-0.3, -0.25) is 4.79 Å². The Bertz CT molecular complexity index is 625. The molecule has 0 unspecified atom stereocenters. The van der Waals surface area contributed by atoms with E-state index in [2.05, 4.69) is 27.2 Å². The van der Waals surface area contributed by atoms with Gasteiger partial charge >= 0.3 is 0 Å². The number of piperazine rings is 1. The van der Waals surface area contributed by atoms with Crippen LogP contribution in [-0.2, 0) is 9.53 Å². The molecule has 0 saturated carbocycles. The van der Waals surface area contributed by atoms with Gasteiger partial charge in [0.15, 0.2) is 5.17 Å². The summed E-state index contributed by atoms with van der Waals surface area (Å²) in [6.45, 7) is 5.65. The summed E-state index contributed by atoms with van der Waals surface area (Å²) in [5.41, 5.74) is 2.13. The molecule has 6 nitrogen and oxygen atoms in total. The molecule has 0 bridgehead atoms. The van der Waals surface area contributed by atoms with Crippen LogP contribution in [0.25, 0.3) is 0 Å². The molecule has 1 saturated heterocycles. The fourth-order valence-corrected chi connectivity index (χ4v) is 3.60. The summed E-state index contributed by atoms with van der Waals surface area (Å²) in [4.78, 5) is 16.0. The molecule has 1 amide bonds. The van der Waals surface area contributed by atoms with Crippen molar-refractivity contribution in [3.63, 3.8) is 0 Å². The van der Waals surface area contributed by atoms with E-state index < -0.39 is 0 Å². The summed E-state index contributed by atoms with van der Waals surface area (Å²) in [5, 5.41) is 9.74. The van der Waals surface area contributed by atoms with Crippen molar-refractivity contribution in [3.05, 3.63) is 35.9 Å². The lowest BCUT2D eigenvalue weighted by molar-refractivity contribution is -0.137. The third kappa shape index (κ3) is 4.15. The van der Waals surface area contributed by atoms with E-state index in [1.807, 2.05) is 30.0 Å². The second-order valence-electron chi connectivity index (χ2n) is 5.59. The zero-order chi connectivity index (χ0) is 16.8. The number of hydrogen-bond donors (Lipinski definition) is 0. The fourth-order valence-electron chi connectivity index (χ4n) is 2.65. The summed E-state index contributed by atoms with van der Waals surface area (Å²) < 4.78 is 5.20. The van der Waals surface area contributed by atoms with Crippen molar-refractivity contribution < 1.29 is 9.53 Å². The molecule has 1 aromatic rings. The minimum atomic E-state index is 0.0686. The van der Waals surface area contributed by atoms with E-state index in [4.69, 9.17) is 4.74 Å². The molecule has 2 heterocycles. The standard InChI is InChI=1S/C17H22N4O2S/c1-2-23-12-16(22)20-8-10-21(11-9-20)17-19-18-15(13-24-17)14-6-4-3-5-7-14/h3-7H,2,8-13H2,1H3. The number of ether oxygens (including phenoxy) is 1. The molecular formula is C17H22N4O2S. The third-order valence-corrected chi connectivity index (χ3v) is 5.05. The van der Waals surface area contributed by atoms with Crippen LogP contribution in [0.2, 0.25) is 0 Å². The minimum absolute atomic E-state index is 0.0686. The van der Waals surface area contributed by atoms with Gasteiger partial charge in [-0.15, -0.1) is 5.10 Å². The Kier molecular flexibility index (Phi) is 5.87. The van der Waals surface area contributed by atoms with Crippen molar-refractivity contribution in [1.29, 1.82) is 0 Å². The van der Waals surface area contributed by atoms with Crippen molar-refractivity contribution in [2.24, 2.45) is 10.2 Å². The highest BCUT2D eigenvalue weighted by molar-refractivity contribution is 8.14. The van der Waals surface area contributed by atoms with Gasteiger partial charge in [0, 0.05) is 38.5 Å². The second kappa shape index (κ2) is 8.30. The number of nitrogens with zero attached hydrogens (tertiary/aromatic N) is 4. The fraction of sp³-hybridized carbons (Fsp3) is 0.471. The van der Waals surface area contributed by atoms with Crippen LogP contribution in [-0.4, -0.2) is 71.7 Å². The molecule has 1 fully saturated rings. The van der Waals surface area contributed by atoms with Crippen molar-refractivity contribution >= 4 is 28.5 Å². The van der Waals surface area contributed by atoms with Crippen molar-refractivity contribution in [2.75, 3.05) is 45.1 Å². The van der Waals surface area contributed by atoms with E-state index in [0.717, 1.165) is 35.3 Å². The van der Waals surface area contributed by atoms with Crippen LogP contribution < -0.4 is 0 Å². The predicted molar refractivity (Wildman–Crippen MR) is 97.5 cm³/mol. The van der Waals surface area contributed by atoms with Crippen LogP contribution in [0.4, 0.5) is 0 Å². The molecule has 0 aromatic heterocycles. The minimum Gasteiger partial charge on any atom is -0.372 e. The summed E-state index contributed by atoms with van der Waals surface area (Å²) >= 11 is 1.71. The number of hydrogen-bond acceptors (Lipinski definition) is 6. The van der Waals surface area contributed by atoms with Crippen LogP contribution in [0.5, 0.6) is 0 Å². The molecule has 0 radical (unpaired) electrons. The number of carbonyl (C=O) groups excluding carboxylic acids is 1. The molecule has 0 atom stereocenters. The first kappa shape index (κ1) is 17.0. The van der Waals surface area contributed by atoms with Gasteiger partial charge in [0.2, 0.25) is 5.91 Å². The number of carbonyl (C=O) groups is 1. The molecule has 3 rings (SSSR count). The largest absolute Gasteiger partial charge is 0.372 e. The Hall–Kier alpha value is -1.86. The summed E-state index contributed by atoms with van der Waals surface area (Å²) in [6, 6.07) is 10.1. The molecule has 128 valence electrons. The highest BCUT2D eigenvalue weighted by Gasteiger charge is 2.25. The van der Waals surface area contributed by atoms with Gasteiger partial charge in [-0.05, 0) is 12.5 Å². The smallest absolute Gasteiger partial charge is 0.248 e. The highest BCUT2D eigenvalue weighted by atomic mass is 32.2. The zero-order valence-corrected chi connectivity index (χ0v) is 14.7. The van der Waals surface area contributed by atoms with E-state index in [1.165, 1.54) is 0 Å². The van der Waals surface area contributed by atoms with Gasteiger partial charge < -0.3 is 14.5 Å². The van der Waals surface area contributed by atoms with Crippen molar-refractivity contribution in [3.8, 4) is 0 Å². The maximum atomic E-state index is 12.0. The van der Waals surface area contributed by atoms with Crippen LogP contribution in [0.1, 0.15) is 12.5 Å². The highest BCUT2D eigenvalue weighted by Crippen LogP contribution is 2.19. The third-order valence-electron chi connectivity index (χ3n) is 4.03. The summed E-state index contributed by atoms with van der Waals surface area (Å²) in [5.74, 6) is 0.894. The van der Waals surface area contributed by atoms with Crippen LogP contribution >= 0.6 is 11.8 Å². The maximum absolute atomic E-state index is 12.0. The molecule has 1 aromatic carbocycles. The number of rotatable bonds is 4. The number of amidine groups is 1. The van der Waals surface area contributed by atoms with Gasteiger partial charge in [-0.2, -0.15) is 5.10 Å². The van der Waals surface area contributed by atoms with E-state index in [9.17, 15) is 4.79 Å². The molecule has 0 aliphatic carbocycles. The Morgan fingerprint density at radius 1 is 1.17 bits per heavy atom. The Labute approximate surface area is 146 Å². The molecule has 2 aliphatic rings. The average molecular weight is 346 g/mol. The van der Waals surface area contributed by atoms with Crippen molar-refractivity contribution in [1.82, 2.24) is 9.80 Å². The van der Waals surface area contributed by atoms with E-state index >= 15 is 0 Å². The monoisotopic (exact) mass is 346 g/mol. The summed E-state index contributed by atoms with van der Waals surface area (Å²) in [6.07, 6.45) is 0. The lowest BCUT2D eigenvalue weighted by Crippen LogP contribution is -2.51. The van der Waals surface area contributed by atoms with Crippen LogP contribution in [0, 0.1) is 0 Å². The lowest BCUT2D eigenvalue weighted by Gasteiger charge is -2.36. The SMILES string of the molecule is CCOCC(=O)N1CCN(C2=NN=C(c3ccccc3)CS2)CC1. The number of amides is 1. The first-order chi connectivity index (χ1) is 11.8. The van der Waals surface area contributed by atoms with Crippen LogP contribution in [0.3, 0.4) is 0 Å². The molecule has 2 aliphatic heterocycles. The van der Waals surface area contributed by atoms with E-state index in [-0.39, 0.29) is 12.5 Å². The Morgan fingerprint density at radius 3 is 2.54 bits per heavy atom. The van der Waals surface area contributed by atoms with Gasteiger partial charge in [0.1, 0.15) is 6.61 Å². The molecular weight excluding hydrogens is 324 g/mol. The topological polar surface area (TPSA) is 57.5 Å². The number of benzene rings is 1. The Morgan fingerprint density at radius 2 is 1.92 bits per heavy atom. The molecule has 0 N–H and O–H groups in total. The van der Waals surface area contributed by atoms with E-state index in [0.29, 0.717) is 19.7 Å². The second-order valence-corrected chi connectivity index (χ2v) is 6.53. The van der Waals surface area contributed by atoms with Crippen LogP contribution in [0.15, 0.2) is 40.5 Å². The van der Waals surface area contributed by atoms with Gasteiger partial charge in [0.25, 0.3) is 0 Å². The van der Waals surface area contributed by atoms with E-state index in [1.54, 1.807) is 11.8 Å². The lowest BCUT2D eigenvalue weighted by atomic mass is 10.1. The first-order valence-corrected chi connectivity index (χ1v) is 9.19. The molecule has 7 heteroatoms. The summed E-state index contributed by atoms with van der Waals surface area (Å²) in [7, 11) is 0. The Balaban J connectivity index is 1.55. The van der Waals surface area contributed by atoms with Gasteiger partial charge in [-0.25, -0.2) is 0 Å². The maximum Gasteiger partial charge on any atom is 0.248 e. The first-order valence-electron chi connectivity index (χ1n) is 8.21. The average Bonchev–Trinajstić information content (AvgIpc) is 2.67. The predicted octanol–water partition coefficient (Wildman–Crippen LogP) is 1.67. The molecule has 0 spiro atoms. The zero-order valence-electron chi connectivity index (χ0n) is 13.9. The van der Waals surface area contributed by atoms with Gasteiger partial charge in [-0.1, -0.05) is 42.1 Å². The number of thioether (sulfide) groups is 1. The molecule has 24 heavy (non-hydrogen) atoms. The van der Waals surface area contributed by atoms with Gasteiger partial charge in [0.05, 0.1) is 5.71 Å². The quantitative estimate of drug-likeness (QED) is 0.832. The normalized spacial score (nSPS) is 18.2.